The molecule has 0 aliphatic carbocycles. The van der Waals surface area contributed by atoms with Crippen LogP contribution in [0.3, 0.4) is 0 Å². The minimum Gasteiger partial charge on any atom is -0.492 e. The summed E-state index contributed by atoms with van der Waals surface area (Å²) < 4.78 is 25.7. The van der Waals surface area contributed by atoms with Crippen LogP contribution in [0.15, 0.2) is 24.3 Å². The molecule has 1 aromatic carbocycles. The molecule has 0 radical (unpaired) electrons. The van der Waals surface area contributed by atoms with Crippen LogP contribution in [-0.2, 0) is 28.5 Å². The topological polar surface area (TPSA) is 202 Å². The maximum atomic E-state index is 11.8. The molecule has 1 saturated heterocycles. The van der Waals surface area contributed by atoms with Gasteiger partial charge >= 0.3 is 5.97 Å². The van der Waals surface area contributed by atoms with Gasteiger partial charge in [-0.15, -0.1) is 0 Å². The summed E-state index contributed by atoms with van der Waals surface area (Å²) in [5, 5.41) is 43.6. The number of aliphatic hydroxyl groups is 4. The van der Waals surface area contributed by atoms with Crippen molar-refractivity contribution in [1.29, 1.82) is 0 Å². The molecule has 14 heteroatoms. The Morgan fingerprint density at radius 1 is 0.973 bits per heavy atom. The molecule has 208 valence electrons. The number of esters is 1. The number of benzene rings is 1. The van der Waals surface area contributed by atoms with Crippen LogP contribution < -0.4 is 15.4 Å². The van der Waals surface area contributed by atoms with Gasteiger partial charge in [0.2, 0.25) is 11.8 Å². The van der Waals surface area contributed by atoms with Crippen molar-refractivity contribution in [1.82, 2.24) is 10.6 Å². The van der Waals surface area contributed by atoms with Gasteiger partial charge in [0.05, 0.1) is 32.4 Å². The number of rotatable bonds is 15. The van der Waals surface area contributed by atoms with Crippen molar-refractivity contribution in [3.63, 3.8) is 0 Å². The Hall–Kier alpha value is -2.85. The van der Waals surface area contributed by atoms with E-state index in [9.17, 15) is 29.7 Å². The third-order valence-corrected chi connectivity index (χ3v) is 5.19. The first kappa shape index (κ1) is 30.4. The van der Waals surface area contributed by atoms with Crippen LogP contribution in [0.4, 0.5) is 0 Å². The second kappa shape index (κ2) is 16.1. The van der Waals surface area contributed by atoms with E-state index in [1.54, 1.807) is 18.2 Å². The first-order valence-electron chi connectivity index (χ1n) is 11.6. The molecule has 1 aliphatic rings. The number of ether oxygens (including phenoxy) is 5. The monoisotopic (exact) mass is 530 g/mol. The second-order valence-corrected chi connectivity index (χ2v) is 7.98. The smallest absolute Gasteiger partial charge is 0.337 e. The molecule has 2 amide bonds. The molecule has 1 fully saturated rings. The summed E-state index contributed by atoms with van der Waals surface area (Å²) in [7, 11) is 1.28. The number of hydrogen-bond acceptors (Lipinski definition) is 12. The van der Waals surface area contributed by atoms with E-state index in [2.05, 4.69) is 15.4 Å². The lowest BCUT2D eigenvalue weighted by molar-refractivity contribution is -0.301. The Balaban J connectivity index is 1.50. The van der Waals surface area contributed by atoms with Crippen LogP contribution in [0.25, 0.3) is 0 Å². The maximum Gasteiger partial charge on any atom is 0.337 e. The summed E-state index contributed by atoms with van der Waals surface area (Å²) in [5.41, 5.74) is 0.344. The highest BCUT2D eigenvalue weighted by Gasteiger charge is 2.43. The third-order valence-electron chi connectivity index (χ3n) is 5.19. The minimum absolute atomic E-state index is 0.0568. The molecule has 37 heavy (non-hydrogen) atoms. The molecule has 6 N–H and O–H groups in total. The fourth-order valence-electron chi connectivity index (χ4n) is 3.23. The van der Waals surface area contributed by atoms with Gasteiger partial charge in [0.25, 0.3) is 0 Å². The van der Waals surface area contributed by atoms with Crippen LogP contribution in [0.1, 0.15) is 16.8 Å². The highest BCUT2D eigenvalue weighted by atomic mass is 16.7. The van der Waals surface area contributed by atoms with Gasteiger partial charge in [-0.2, -0.15) is 0 Å². The predicted octanol–water partition coefficient (Wildman–Crippen LogP) is -2.69. The molecular formula is C23H34N2O12. The zero-order valence-corrected chi connectivity index (χ0v) is 20.4. The number of carbonyl (C=O) groups excluding carboxylic acids is 3. The van der Waals surface area contributed by atoms with E-state index in [-0.39, 0.29) is 39.5 Å². The van der Waals surface area contributed by atoms with E-state index < -0.39 is 55.1 Å². The van der Waals surface area contributed by atoms with Gasteiger partial charge in [-0.3, -0.25) is 9.59 Å². The van der Waals surface area contributed by atoms with E-state index >= 15 is 0 Å². The molecule has 0 unspecified atom stereocenters. The van der Waals surface area contributed by atoms with Crippen molar-refractivity contribution >= 4 is 17.8 Å². The van der Waals surface area contributed by atoms with Crippen molar-refractivity contribution < 1.29 is 58.5 Å². The van der Waals surface area contributed by atoms with E-state index in [4.69, 9.17) is 24.1 Å². The summed E-state index contributed by atoms with van der Waals surface area (Å²) in [6.45, 7) is -0.613. The highest BCUT2D eigenvalue weighted by molar-refractivity contribution is 5.89. The largest absolute Gasteiger partial charge is 0.492 e. The van der Waals surface area contributed by atoms with Crippen molar-refractivity contribution in [2.24, 2.45) is 0 Å². The number of hydrogen-bond donors (Lipinski definition) is 6. The van der Waals surface area contributed by atoms with Crippen molar-refractivity contribution in [3.05, 3.63) is 29.8 Å². The average molecular weight is 531 g/mol. The van der Waals surface area contributed by atoms with Crippen molar-refractivity contribution in [2.45, 2.75) is 37.1 Å². The van der Waals surface area contributed by atoms with Gasteiger partial charge < -0.3 is 54.7 Å². The van der Waals surface area contributed by atoms with Gasteiger partial charge in [-0.1, -0.05) is 6.07 Å². The van der Waals surface area contributed by atoms with E-state index in [1.165, 1.54) is 13.2 Å². The van der Waals surface area contributed by atoms with Crippen LogP contribution in [0.2, 0.25) is 0 Å². The average Bonchev–Trinajstić information content (AvgIpc) is 2.90. The van der Waals surface area contributed by atoms with Crippen LogP contribution in [0, 0.1) is 0 Å². The normalized spacial score (nSPS) is 23.2. The van der Waals surface area contributed by atoms with Crippen LogP contribution in [-0.4, -0.2) is 122 Å². The molecule has 1 aliphatic heterocycles. The summed E-state index contributed by atoms with van der Waals surface area (Å²) in [4.78, 5) is 35.1. The molecular weight excluding hydrogens is 496 g/mol. The van der Waals surface area contributed by atoms with Gasteiger partial charge in [0, 0.05) is 6.54 Å². The Kier molecular flexibility index (Phi) is 13.2. The number of aliphatic hydroxyl groups excluding tert-OH is 4. The Labute approximate surface area is 213 Å². The number of carbonyl (C=O) groups is 3. The summed E-state index contributed by atoms with van der Waals surface area (Å²) in [6, 6.07) is 6.42. The fourth-order valence-corrected chi connectivity index (χ4v) is 3.23. The molecule has 0 bridgehead atoms. The Morgan fingerprint density at radius 2 is 1.68 bits per heavy atom. The van der Waals surface area contributed by atoms with Gasteiger partial charge in [0.15, 0.2) is 6.29 Å². The zero-order valence-electron chi connectivity index (χ0n) is 20.4. The number of methoxy groups -OCH3 is 1. The molecule has 0 saturated carbocycles. The molecule has 0 spiro atoms. The predicted molar refractivity (Wildman–Crippen MR) is 124 cm³/mol. The third kappa shape index (κ3) is 10.2. The molecule has 5 atom stereocenters. The first-order chi connectivity index (χ1) is 17.8. The van der Waals surface area contributed by atoms with Gasteiger partial charge in [-0.05, 0) is 24.6 Å². The minimum atomic E-state index is -1.53. The lowest BCUT2D eigenvalue weighted by atomic mass is 9.99. The van der Waals surface area contributed by atoms with Crippen molar-refractivity contribution in [2.75, 3.05) is 53.2 Å². The summed E-state index contributed by atoms with van der Waals surface area (Å²) in [6.07, 6.45) is -6.44. The lowest BCUT2D eigenvalue weighted by Gasteiger charge is -2.39. The van der Waals surface area contributed by atoms with Crippen molar-refractivity contribution in [3.8, 4) is 5.75 Å². The molecule has 1 heterocycles. The molecule has 14 nitrogen and oxygen atoms in total. The Bertz CT molecular complexity index is 868. The molecule has 2 rings (SSSR count). The second-order valence-electron chi connectivity index (χ2n) is 7.98. The van der Waals surface area contributed by atoms with Crippen LogP contribution >= 0.6 is 0 Å². The van der Waals surface area contributed by atoms with Gasteiger partial charge in [0.1, 0.15) is 50.0 Å². The lowest BCUT2D eigenvalue weighted by Crippen LogP contribution is -2.59. The fraction of sp³-hybridized carbons (Fsp3) is 0.609. The highest BCUT2D eigenvalue weighted by Crippen LogP contribution is 2.22. The van der Waals surface area contributed by atoms with E-state index in [0.717, 1.165) is 0 Å². The Morgan fingerprint density at radius 3 is 2.35 bits per heavy atom. The standard InChI is InChI=1S/C23H34N2O12/c1-33-22(32)14-4-2-5-15(10-14)35-9-7-25-18(28)13-34-12-17(27)24-6-3-8-36-23-21(31)20(30)19(29)16(11-26)37-23/h2,4-5,10,16,19-21,23,26,29-31H,3,6-9,11-13H2,1H3,(H,24,27)(H,25,28)/t16-,19-,20+,21+,23+/m1/s1. The summed E-state index contributed by atoms with van der Waals surface area (Å²) in [5.74, 6) is -0.924. The number of amides is 2. The summed E-state index contributed by atoms with van der Waals surface area (Å²) >= 11 is 0. The first-order valence-corrected chi connectivity index (χ1v) is 11.6. The molecule has 0 aromatic heterocycles. The number of nitrogens with one attached hydrogen (secondary N) is 2. The van der Waals surface area contributed by atoms with Crippen LogP contribution in [0.5, 0.6) is 5.75 Å². The maximum absolute atomic E-state index is 11.8. The SMILES string of the molecule is COC(=O)c1cccc(OCCNC(=O)COCC(=O)NCCCO[C@H]2O[C@H](CO)[C@@H](O)[C@H](O)[C@@H]2O)c1. The van der Waals surface area contributed by atoms with Gasteiger partial charge in [-0.25, -0.2) is 4.79 Å². The van der Waals surface area contributed by atoms with E-state index in [0.29, 0.717) is 17.7 Å². The van der Waals surface area contributed by atoms with E-state index in [1.807, 2.05) is 0 Å². The molecule has 1 aromatic rings. The quantitative estimate of drug-likeness (QED) is 0.101. The zero-order chi connectivity index (χ0) is 27.2.